The van der Waals surface area contributed by atoms with E-state index in [0.717, 1.165) is 22.4 Å². The maximum absolute atomic E-state index is 13.2. The fourth-order valence-corrected chi connectivity index (χ4v) is 3.06. The van der Waals surface area contributed by atoms with Gasteiger partial charge >= 0.3 is 0 Å². The molecule has 0 radical (unpaired) electrons. The number of halogens is 1. The number of hydrogen-bond donors (Lipinski definition) is 2. The zero-order valence-electron chi connectivity index (χ0n) is 12.2. The summed E-state index contributed by atoms with van der Waals surface area (Å²) in [6.45, 7) is 0. The number of anilines is 1. The molecular weight excluding hydrogens is 293 g/mol. The molecule has 4 rings (SSSR count). The van der Waals surface area contributed by atoms with E-state index in [1.807, 2.05) is 30.3 Å². The highest BCUT2D eigenvalue weighted by molar-refractivity contribution is 5.96. The van der Waals surface area contributed by atoms with E-state index >= 15 is 0 Å². The van der Waals surface area contributed by atoms with Crippen LogP contribution in [0, 0.1) is 5.82 Å². The van der Waals surface area contributed by atoms with Crippen LogP contribution in [0.4, 0.5) is 10.2 Å². The number of carbonyl (C=O) groups is 1. The van der Waals surface area contributed by atoms with Crippen LogP contribution in [0.5, 0.6) is 0 Å². The molecule has 114 valence electrons. The van der Waals surface area contributed by atoms with Crippen molar-refractivity contribution in [2.24, 2.45) is 0 Å². The van der Waals surface area contributed by atoms with Gasteiger partial charge < -0.3 is 5.32 Å². The fraction of sp³-hybridized carbons (Fsp3) is 0.111. The van der Waals surface area contributed by atoms with Gasteiger partial charge in [0.25, 0.3) is 0 Å². The van der Waals surface area contributed by atoms with Crippen LogP contribution in [-0.4, -0.2) is 16.1 Å². The molecule has 2 heterocycles. The Hall–Kier alpha value is -2.95. The second-order valence-electron chi connectivity index (χ2n) is 5.58. The van der Waals surface area contributed by atoms with Gasteiger partial charge in [0.05, 0.1) is 5.69 Å². The van der Waals surface area contributed by atoms with E-state index in [1.54, 1.807) is 12.1 Å². The first-order valence-corrected chi connectivity index (χ1v) is 7.41. The quantitative estimate of drug-likeness (QED) is 0.758. The van der Waals surface area contributed by atoms with Crippen LogP contribution in [0.3, 0.4) is 0 Å². The van der Waals surface area contributed by atoms with Crippen molar-refractivity contribution in [1.82, 2.24) is 10.2 Å². The summed E-state index contributed by atoms with van der Waals surface area (Å²) < 4.78 is 13.2. The van der Waals surface area contributed by atoms with Crippen molar-refractivity contribution in [3.63, 3.8) is 0 Å². The summed E-state index contributed by atoms with van der Waals surface area (Å²) in [6, 6.07) is 16.1. The molecule has 0 saturated heterocycles. The highest BCUT2D eigenvalue weighted by Crippen LogP contribution is 2.41. The third kappa shape index (κ3) is 2.40. The Morgan fingerprint density at radius 3 is 2.52 bits per heavy atom. The molecule has 1 aliphatic heterocycles. The minimum Gasteiger partial charge on any atom is -0.309 e. The number of aromatic nitrogens is 2. The van der Waals surface area contributed by atoms with E-state index in [9.17, 15) is 9.18 Å². The maximum Gasteiger partial charge on any atom is 0.226 e. The van der Waals surface area contributed by atoms with Crippen molar-refractivity contribution in [3.8, 4) is 11.3 Å². The van der Waals surface area contributed by atoms with Crippen LogP contribution in [-0.2, 0) is 4.79 Å². The van der Waals surface area contributed by atoms with Gasteiger partial charge in [-0.2, -0.15) is 5.10 Å². The molecule has 1 atom stereocenters. The van der Waals surface area contributed by atoms with E-state index in [2.05, 4.69) is 15.5 Å². The van der Waals surface area contributed by atoms with Crippen LogP contribution < -0.4 is 5.32 Å². The molecule has 1 aromatic heterocycles. The Kier molecular flexibility index (Phi) is 3.19. The van der Waals surface area contributed by atoms with E-state index in [0.29, 0.717) is 12.2 Å². The zero-order chi connectivity index (χ0) is 15.8. The summed E-state index contributed by atoms with van der Waals surface area (Å²) >= 11 is 0. The minimum absolute atomic E-state index is 0.0852. The largest absolute Gasteiger partial charge is 0.309 e. The monoisotopic (exact) mass is 307 g/mol. The predicted octanol–water partition coefficient (Wildman–Crippen LogP) is 3.69. The van der Waals surface area contributed by atoms with Gasteiger partial charge in [-0.15, -0.1) is 0 Å². The van der Waals surface area contributed by atoms with E-state index < -0.39 is 0 Å². The smallest absolute Gasteiger partial charge is 0.226 e. The molecule has 0 aliphatic carbocycles. The number of nitrogens with zero attached hydrogens (tertiary/aromatic N) is 1. The lowest BCUT2D eigenvalue weighted by atomic mass is 9.84. The number of amides is 1. The number of H-pyrrole nitrogens is 1. The van der Waals surface area contributed by atoms with Gasteiger partial charge in [0, 0.05) is 17.9 Å². The molecule has 0 spiro atoms. The molecule has 0 unspecified atom stereocenters. The van der Waals surface area contributed by atoms with Gasteiger partial charge in [0.15, 0.2) is 5.82 Å². The van der Waals surface area contributed by atoms with E-state index in [4.69, 9.17) is 0 Å². The predicted molar refractivity (Wildman–Crippen MR) is 85.5 cm³/mol. The minimum atomic E-state index is -0.287. The first kappa shape index (κ1) is 13.7. The summed E-state index contributed by atoms with van der Waals surface area (Å²) in [5.74, 6) is 0.0328. The van der Waals surface area contributed by atoms with E-state index in [1.165, 1.54) is 12.1 Å². The van der Waals surface area contributed by atoms with Gasteiger partial charge in [0.2, 0.25) is 5.91 Å². The number of hydrogen-bond acceptors (Lipinski definition) is 2. The zero-order valence-corrected chi connectivity index (χ0v) is 12.2. The number of nitrogens with one attached hydrogen (secondary N) is 2. The summed E-state index contributed by atoms with van der Waals surface area (Å²) in [5.41, 5.74) is 3.74. The highest BCUT2D eigenvalue weighted by atomic mass is 19.1. The Morgan fingerprint density at radius 2 is 1.78 bits per heavy atom. The number of carbonyl (C=O) groups excluding carboxylic acids is 1. The van der Waals surface area contributed by atoms with Gasteiger partial charge in [0.1, 0.15) is 5.82 Å². The van der Waals surface area contributed by atoms with Crippen LogP contribution in [0.15, 0.2) is 54.6 Å². The van der Waals surface area contributed by atoms with Crippen molar-refractivity contribution in [2.45, 2.75) is 12.3 Å². The molecule has 2 N–H and O–H groups in total. The normalized spacial score (nSPS) is 16.7. The molecule has 5 heteroatoms. The van der Waals surface area contributed by atoms with Gasteiger partial charge in [-0.3, -0.25) is 9.89 Å². The number of benzene rings is 2. The number of rotatable bonds is 2. The molecule has 2 aromatic carbocycles. The number of aromatic amines is 1. The summed E-state index contributed by atoms with van der Waals surface area (Å²) in [7, 11) is 0. The summed E-state index contributed by atoms with van der Waals surface area (Å²) in [5, 5.41) is 10.1. The lowest BCUT2D eigenvalue weighted by Crippen LogP contribution is -2.23. The number of fused-ring (bicyclic) bond motifs is 1. The SMILES string of the molecule is O=C1C[C@@H](c2ccc(F)cc2)c2c(n[nH]c2-c2ccccc2)N1. The van der Waals surface area contributed by atoms with Crippen molar-refractivity contribution in [1.29, 1.82) is 0 Å². The first-order valence-electron chi connectivity index (χ1n) is 7.41. The second-order valence-corrected chi connectivity index (χ2v) is 5.58. The maximum atomic E-state index is 13.2. The molecule has 23 heavy (non-hydrogen) atoms. The third-order valence-corrected chi connectivity index (χ3v) is 4.13. The Bertz CT molecular complexity index is 856. The lowest BCUT2D eigenvalue weighted by Gasteiger charge is -2.23. The van der Waals surface area contributed by atoms with Gasteiger partial charge in [-0.05, 0) is 23.3 Å². The average molecular weight is 307 g/mol. The van der Waals surface area contributed by atoms with Crippen LogP contribution >= 0.6 is 0 Å². The molecule has 3 aromatic rings. The molecule has 1 amide bonds. The summed E-state index contributed by atoms with van der Waals surface area (Å²) in [4.78, 5) is 12.0. The molecule has 4 nitrogen and oxygen atoms in total. The Balaban J connectivity index is 1.86. The van der Waals surface area contributed by atoms with Crippen molar-refractivity contribution < 1.29 is 9.18 Å². The average Bonchev–Trinajstić information content (AvgIpc) is 2.99. The van der Waals surface area contributed by atoms with Crippen LogP contribution in [0.1, 0.15) is 23.5 Å². The van der Waals surface area contributed by atoms with Crippen molar-refractivity contribution >= 4 is 11.7 Å². The standard InChI is InChI=1S/C18H14FN3O/c19-13-8-6-11(7-9-13)14-10-15(23)20-18-16(14)17(21-22-18)12-4-2-1-3-5-12/h1-9,14H,10H2,(H2,20,21,22,23)/t14-/m0/s1. The molecule has 0 saturated carbocycles. The van der Waals surface area contributed by atoms with E-state index in [-0.39, 0.29) is 17.6 Å². The van der Waals surface area contributed by atoms with Gasteiger partial charge in [-0.25, -0.2) is 4.39 Å². The molecule has 1 aliphatic rings. The fourth-order valence-electron chi connectivity index (χ4n) is 3.06. The van der Waals surface area contributed by atoms with Crippen LogP contribution in [0.25, 0.3) is 11.3 Å². The molecule has 0 fully saturated rings. The lowest BCUT2D eigenvalue weighted by molar-refractivity contribution is -0.116. The molecular formula is C18H14FN3O. The first-order chi connectivity index (χ1) is 11.2. The van der Waals surface area contributed by atoms with Crippen LogP contribution in [0.2, 0.25) is 0 Å². The topological polar surface area (TPSA) is 57.8 Å². The van der Waals surface area contributed by atoms with Gasteiger partial charge in [-0.1, -0.05) is 42.5 Å². The molecule has 0 bridgehead atoms. The van der Waals surface area contributed by atoms with Crippen molar-refractivity contribution in [2.75, 3.05) is 5.32 Å². The Labute approximate surface area is 132 Å². The second kappa shape index (κ2) is 5.35. The Morgan fingerprint density at radius 1 is 1.04 bits per heavy atom. The highest BCUT2D eigenvalue weighted by Gasteiger charge is 2.31. The third-order valence-electron chi connectivity index (χ3n) is 4.13. The van der Waals surface area contributed by atoms with Crippen molar-refractivity contribution in [3.05, 3.63) is 71.5 Å². The summed E-state index contributed by atoms with van der Waals surface area (Å²) in [6.07, 6.45) is 0.317.